The average Bonchev–Trinajstić information content (AvgIpc) is 2.78. The van der Waals surface area contributed by atoms with Gasteiger partial charge in [-0.25, -0.2) is 4.98 Å². The van der Waals surface area contributed by atoms with Gasteiger partial charge >= 0.3 is 0 Å². The Kier molecular flexibility index (Phi) is 6.20. The zero-order chi connectivity index (χ0) is 13.5. The number of hydrogen-bond acceptors (Lipinski definition) is 6. The summed E-state index contributed by atoms with van der Waals surface area (Å²) in [5.74, 6) is -0.0259. The molecule has 1 unspecified atom stereocenters. The summed E-state index contributed by atoms with van der Waals surface area (Å²) in [5, 5.41) is 23.4. The quantitative estimate of drug-likeness (QED) is 0.649. The van der Waals surface area contributed by atoms with Gasteiger partial charge in [0.05, 0.1) is 18.4 Å². The minimum atomic E-state index is -0.757. The molecule has 18 heavy (non-hydrogen) atoms. The van der Waals surface area contributed by atoms with Crippen LogP contribution in [0.2, 0.25) is 0 Å². The summed E-state index contributed by atoms with van der Waals surface area (Å²) in [6, 6.07) is 0. The van der Waals surface area contributed by atoms with Gasteiger partial charge in [-0.1, -0.05) is 0 Å². The molecule has 1 rings (SSSR count). The Morgan fingerprint density at radius 2 is 2.39 bits per heavy atom. The Hall–Kier alpha value is -1.02. The summed E-state index contributed by atoms with van der Waals surface area (Å²) < 4.78 is 0. The average molecular weight is 273 g/mol. The van der Waals surface area contributed by atoms with Gasteiger partial charge in [-0.05, 0) is 6.92 Å². The maximum Gasteiger partial charge on any atom is 0.225 e. The molecular formula is C11H19N3O3S. The smallest absolute Gasteiger partial charge is 0.225 e. The molecule has 7 heteroatoms. The van der Waals surface area contributed by atoms with Crippen LogP contribution in [-0.2, 0) is 11.3 Å². The van der Waals surface area contributed by atoms with Crippen molar-refractivity contribution in [3.8, 4) is 0 Å². The van der Waals surface area contributed by atoms with Gasteiger partial charge in [-0.15, -0.1) is 11.3 Å². The fraction of sp³-hybridized carbons (Fsp3) is 0.636. The molecule has 0 aromatic carbocycles. The Labute approximate surface area is 110 Å². The SMILES string of the molecule is CCN(C(C)=O)c1nc(CNCC(O)CO)cs1. The van der Waals surface area contributed by atoms with Gasteiger partial charge in [-0.2, -0.15) is 0 Å². The van der Waals surface area contributed by atoms with Gasteiger partial charge in [-0.3, -0.25) is 9.69 Å². The van der Waals surface area contributed by atoms with Gasteiger partial charge in [0.1, 0.15) is 0 Å². The van der Waals surface area contributed by atoms with Crippen LogP contribution in [0.4, 0.5) is 5.13 Å². The van der Waals surface area contributed by atoms with Crippen molar-refractivity contribution >= 4 is 22.4 Å². The summed E-state index contributed by atoms with van der Waals surface area (Å²) in [6.07, 6.45) is -0.757. The molecule has 0 aliphatic rings. The summed E-state index contributed by atoms with van der Waals surface area (Å²) in [4.78, 5) is 17.3. The summed E-state index contributed by atoms with van der Waals surface area (Å²) in [7, 11) is 0. The molecule has 102 valence electrons. The van der Waals surface area contributed by atoms with Crippen molar-refractivity contribution in [1.29, 1.82) is 0 Å². The molecule has 0 aliphatic heterocycles. The van der Waals surface area contributed by atoms with Gasteiger partial charge in [0.15, 0.2) is 5.13 Å². The monoisotopic (exact) mass is 273 g/mol. The van der Waals surface area contributed by atoms with E-state index in [0.717, 1.165) is 5.69 Å². The lowest BCUT2D eigenvalue weighted by Crippen LogP contribution is -2.29. The standard InChI is InChI=1S/C11H19N3O3S/c1-3-14(8(2)16)11-13-9(7-18-11)4-12-5-10(17)6-15/h7,10,12,15,17H,3-6H2,1-2H3. The topological polar surface area (TPSA) is 85.7 Å². The van der Waals surface area contributed by atoms with E-state index in [1.165, 1.54) is 18.3 Å². The maximum absolute atomic E-state index is 11.3. The number of aromatic nitrogens is 1. The van der Waals surface area contributed by atoms with E-state index in [4.69, 9.17) is 10.2 Å². The number of amides is 1. The molecule has 0 bridgehead atoms. The third kappa shape index (κ3) is 4.34. The van der Waals surface area contributed by atoms with Crippen LogP contribution in [0.3, 0.4) is 0 Å². The Morgan fingerprint density at radius 3 is 2.94 bits per heavy atom. The number of nitrogens with one attached hydrogen (secondary N) is 1. The highest BCUT2D eigenvalue weighted by atomic mass is 32.1. The molecule has 0 saturated heterocycles. The molecule has 1 atom stereocenters. The molecule has 0 fully saturated rings. The molecule has 1 amide bonds. The molecule has 1 aromatic heterocycles. The number of carbonyl (C=O) groups excluding carboxylic acids is 1. The molecule has 0 aliphatic carbocycles. The zero-order valence-electron chi connectivity index (χ0n) is 10.6. The number of aliphatic hydroxyl groups excluding tert-OH is 2. The highest BCUT2D eigenvalue weighted by Crippen LogP contribution is 2.20. The van der Waals surface area contributed by atoms with Crippen LogP contribution in [0, 0.1) is 0 Å². The fourth-order valence-corrected chi connectivity index (χ4v) is 2.36. The van der Waals surface area contributed by atoms with Crippen molar-refractivity contribution < 1.29 is 15.0 Å². The minimum absolute atomic E-state index is 0.0259. The third-order valence-corrected chi connectivity index (χ3v) is 3.28. The normalized spacial score (nSPS) is 12.4. The third-order valence-electron chi connectivity index (χ3n) is 2.36. The lowest BCUT2D eigenvalue weighted by Gasteiger charge is -2.14. The number of hydrogen-bond donors (Lipinski definition) is 3. The maximum atomic E-state index is 11.3. The van der Waals surface area contributed by atoms with Crippen molar-refractivity contribution in [2.24, 2.45) is 0 Å². The summed E-state index contributed by atoms with van der Waals surface area (Å²) in [5.41, 5.74) is 0.819. The number of carbonyl (C=O) groups is 1. The van der Waals surface area contributed by atoms with E-state index >= 15 is 0 Å². The molecule has 0 spiro atoms. The number of thiazole rings is 1. The first-order valence-electron chi connectivity index (χ1n) is 5.80. The van der Waals surface area contributed by atoms with Crippen molar-refractivity contribution in [2.75, 3.05) is 24.6 Å². The van der Waals surface area contributed by atoms with Crippen LogP contribution in [-0.4, -0.2) is 46.9 Å². The summed E-state index contributed by atoms with van der Waals surface area (Å²) >= 11 is 1.42. The lowest BCUT2D eigenvalue weighted by atomic mass is 10.3. The van der Waals surface area contributed by atoms with Gasteiger partial charge in [0.25, 0.3) is 0 Å². The fourth-order valence-electron chi connectivity index (χ4n) is 1.43. The van der Waals surface area contributed by atoms with E-state index in [1.54, 1.807) is 4.90 Å². The van der Waals surface area contributed by atoms with Crippen LogP contribution in [0.15, 0.2) is 5.38 Å². The van der Waals surface area contributed by atoms with Crippen LogP contribution in [0.25, 0.3) is 0 Å². The lowest BCUT2D eigenvalue weighted by molar-refractivity contribution is -0.116. The van der Waals surface area contributed by atoms with Crippen LogP contribution >= 0.6 is 11.3 Å². The van der Waals surface area contributed by atoms with E-state index in [2.05, 4.69) is 10.3 Å². The van der Waals surface area contributed by atoms with Gasteiger partial charge in [0.2, 0.25) is 5.91 Å². The molecule has 1 aromatic rings. The Balaban J connectivity index is 2.50. The van der Waals surface area contributed by atoms with E-state index in [1.807, 2.05) is 12.3 Å². The second-order valence-electron chi connectivity index (χ2n) is 3.85. The second kappa shape index (κ2) is 7.42. The highest BCUT2D eigenvalue weighted by Gasteiger charge is 2.13. The number of nitrogens with zero attached hydrogens (tertiary/aromatic N) is 2. The number of anilines is 1. The van der Waals surface area contributed by atoms with Crippen molar-refractivity contribution in [1.82, 2.24) is 10.3 Å². The van der Waals surface area contributed by atoms with E-state index in [-0.39, 0.29) is 12.5 Å². The second-order valence-corrected chi connectivity index (χ2v) is 4.69. The first-order valence-corrected chi connectivity index (χ1v) is 6.68. The first kappa shape index (κ1) is 15.0. The van der Waals surface area contributed by atoms with Crippen molar-refractivity contribution in [3.05, 3.63) is 11.1 Å². The van der Waals surface area contributed by atoms with Crippen LogP contribution in [0.1, 0.15) is 19.5 Å². The first-order chi connectivity index (χ1) is 8.58. The number of aliphatic hydroxyl groups is 2. The summed E-state index contributed by atoms with van der Waals surface area (Å²) in [6.45, 7) is 4.57. The molecular weight excluding hydrogens is 254 g/mol. The minimum Gasteiger partial charge on any atom is -0.394 e. The number of rotatable bonds is 7. The largest absolute Gasteiger partial charge is 0.394 e. The predicted octanol–water partition coefficient (Wildman–Crippen LogP) is -0.0413. The predicted molar refractivity (Wildman–Crippen MR) is 70.6 cm³/mol. The molecule has 1 heterocycles. The van der Waals surface area contributed by atoms with Gasteiger partial charge in [0, 0.05) is 31.9 Å². The highest BCUT2D eigenvalue weighted by molar-refractivity contribution is 7.14. The van der Waals surface area contributed by atoms with E-state index in [9.17, 15) is 4.79 Å². The molecule has 0 radical (unpaired) electrons. The van der Waals surface area contributed by atoms with Crippen LogP contribution in [0.5, 0.6) is 0 Å². The van der Waals surface area contributed by atoms with Crippen molar-refractivity contribution in [2.45, 2.75) is 26.5 Å². The van der Waals surface area contributed by atoms with Crippen molar-refractivity contribution in [3.63, 3.8) is 0 Å². The molecule has 6 nitrogen and oxygen atoms in total. The zero-order valence-corrected chi connectivity index (χ0v) is 11.4. The van der Waals surface area contributed by atoms with Crippen LogP contribution < -0.4 is 10.2 Å². The Morgan fingerprint density at radius 1 is 1.67 bits per heavy atom. The molecule has 3 N–H and O–H groups in total. The van der Waals surface area contributed by atoms with E-state index < -0.39 is 6.10 Å². The van der Waals surface area contributed by atoms with E-state index in [0.29, 0.717) is 24.8 Å². The molecule has 0 saturated carbocycles. The van der Waals surface area contributed by atoms with Gasteiger partial charge < -0.3 is 15.5 Å². The Bertz CT molecular complexity index is 383.